The smallest absolute Gasteiger partial charge is 0.293 e. The van der Waals surface area contributed by atoms with E-state index in [1.165, 1.54) is 31.4 Å². The molecule has 36 heavy (non-hydrogen) atoms. The summed E-state index contributed by atoms with van der Waals surface area (Å²) in [6.45, 7) is 0.699. The molecule has 0 radical (unpaired) electrons. The second-order valence-corrected chi connectivity index (χ2v) is 8.60. The van der Waals surface area contributed by atoms with Crippen LogP contribution in [-0.4, -0.2) is 41.3 Å². The topological polar surface area (TPSA) is 108 Å². The summed E-state index contributed by atoms with van der Waals surface area (Å²) in [5.41, 5.74) is 1.22. The zero-order valence-corrected chi connectivity index (χ0v) is 20.1. The molecule has 0 spiro atoms. The fourth-order valence-electron chi connectivity index (χ4n) is 3.41. The van der Waals surface area contributed by atoms with Gasteiger partial charge in [0.05, 0.1) is 23.5 Å². The van der Waals surface area contributed by atoms with Gasteiger partial charge in [-0.05, 0) is 53.2 Å². The molecule has 1 heterocycles. The van der Waals surface area contributed by atoms with E-state index in [2.05, 4.69) is 0 Å². The molecular formula is C26H22N2O7S. The van der Waals surface area contributed by atoms with Crippen LogP contribution in [-0.2, 0) is 11.3 Å². The van der Waals surface area contributed by atoms with Crippen molar-refractivity contribution in [2.24, 2.45) is 0 Å². The first-order chi connectivity index (χ1) is 17.4. The molecular weight excluding hydrogens is 484 g/mol. The molecule has 10 heteroatoms. The van der Waals surface area contributed by atoms with Crippen molar-refractivity contribution in [3.8, 4) is 17.2 Å². The van der Waals surface area contributed by atoms with E-state index in [-0.39, 0.29) is 17.1 Å². The van der Waals surface area contributed by atoms with Crippen LogP contribution in [0.1, 0.15) is 11.1 Å². The second-order valence-electron chi connectivity index (χ2n) is 7.61. The lowest BCUT2D eigenvalue weighted by atomic mass is 10.1. The highest BCUT2D eigenvalue weighted by atomic mass is 32.2. The van der Waals surface area contributed by atoms with Crippen molar-refractivity contribution in [3.05, 3.63) is 98.9 Å². The van der Waals surface area contributed by atoms with Crippen molar-refractivity contribution >= 4 is 34.7 Å². The van der Waals surface area contributed by atoms with Crippen LogP contribution in [0, 0.1) is 10.1 Å². The molecule has 0 aliphatic carbocycles. The zero-order chi connectivity index (χ0) is 25.5. The fraction of sp³-hybridized carbons (Fsp3) is 0.154. The minimum atomic E-state index is -0.504. The zero-order valence-electron chi connectivity index (χ0n) is 19.3. The molecule has 9 nitrogen and oxygen atoms in total. The summed E-state index contributed by atoms with van der Waals surface area (Å²) in [7, 11) is 1.52. The number of para-hydroxylation sites is 1. The van der Waals surface area contributed by atoms with Gasteiger partial charge < -0.3 is 14.2 Å². The average molecular weight is 507 g/mol. The summed E-state index contributed by atoms with van der Waals surface area (Å²) in [5, 5.41) is 10.4. The van der Waals surface area contributed by atoms with Crippen molar-refractivity contribution in [1.29, 1.82) is 0 Å². The number of benzene rings is 3. The highest BCUT2D eigenvalue weighted by Gasteiger charge is 2.35. The monoisotopic (exact) mass is 506 g/mol. The second kappa shape index (κ2) is 11.4. The minimum absolute atomic E-state index is 0.0289. The van der Waals surface area contributed by atoms with Gasteiger partial charge in [-0.2, -0.15) is 0 Å². The minimum Gasteiger partial charge on any atom is -0.493 e. The van der Waals surface area contributed by atoms with Crippen LogP contribution in [0.3, 0.4) is 0 Å². The quantitative estimate of drug-likeness (QED) is 0.158. The van der Waals surface area contributed by atoms with Crippen LogP contribution in [0.15, 0.2) is 77.7 Å². The maximum absolute atomic E-state index is 12.9. The highest BCUT2D eigenvalue weighted by Crippen LogP contribution is 2.35. The van der Waals surface area contributed by atoms with Gasteiger partial charge in [0, 0.05) is 12.1 Å². The Balaban J connectivity index is 1.39. The van der Waals surface area contributed by atoms with Crippen LogP contribution in [0.2, 0.25) is 0 Å². The Morgan fingerprint density at radius 3 is 2.36 bits per heavy atom. The Morgan fingerprint density at radius 1 is 0.944 bits per heavy atom. The van der Waals surface area contributed by atoms with Crippen molar-refractivity contribution in [2.75, 3.05) is 20.3 Å². The number of nitro groups is 1. The van der Waals surface area contributed by atoms with Gasteiger partial charge in [0.15, 0.2) is 11.5 Å². The van der Waals surface area contributed by atoms with E-state index in [1.807, 2.05) is 30.3 Å². The number of nitrogens with zero attached hydrogens (tertiary/aromatic N) is 2. The number of imide groups is 1. The van der Waals surface area contributed by atoms with Crippen molar-refractivity contribution < 1.29 is 28.7 Å². The molecule has 184 valence electrons. The molecule has 1 fully saturated rings. The molecule has 0 bridgehead atoms. The normalized spacial score (nSPS) is 14.2. The van der Waals surface area contributed by atoms with Gasteiger partial charge >= 0.3 is 0 Å². The van der Waals surface area contributed by atoms with E-state index in [4.69, 9.17) is 14.2 Å². The number of non-ortho nitro benzene ring substituents is 1. The van der Waals surface area contributed by atoms with Gasteiger partial charge in [-0.1, -0.05) is 36.4 Å². The van der Waals surface area contributed by atoms with Crippen LogP contribution < -0.4 is 14.2 Å². The number of nitro benzene ring substituents is 1. The summed E-state index contributed by atoms with van der Waals surface area (Å²) in [6, 6.07) is 20.4. The SMILES string of the molecule is COc1cc(/C=C2\SC(=O)N(Cc3ccc([N+](=O)[O-])cc3)C2=O)ccc1OCCOc1ccccc1. The van der Waals surface area contributed by atoms with E-state index in [0.717, 1.165) is 22.4 Å². The number of rotatable bonds is 10. The molecule has 0 unspecified atom stereocenters. The Kier molecular flexibility index (Phi) is 7.86. The lowest BCUT2D eigenvalue weighted by Crippen LogP contribution is -2.27. The van der Waals surface area contributed by atoms with Crippen LogP contribution in [0.4, 0.5) is 10.5 Å². The third kappa shape index (κ3) is 6.02. The molecule has 0 atom stereocenters. The Hall–Kier alpha value is -4.31. The predicted octanol–water partition coefficient (Wildman–Crippen LogP) is 5.30. The Labute approximate surface area is 211 Å². The number of carbonyl (C=O) groups excluding carboxylic acids is 2. The van der Waals surface area contributed by atoms with Gasteiger partial charge in [0.25, 0.3) is 16.8 Å². The van der Waals surface area contributed by atoms with Gasteiger partial charge in [0.1, 0.15) is 19.0 Å². The summed E-state index contributed by atoms with van der Waals surface area (Å²) < 4.78 is 16.8. The first-order valence-electron chi connectivity index (χ1n) is 10.9. The third-order valence-corrected chi connectivity index (χ3v) is 6.11. The van der Waals surface area contributed by atoms with E-state index in [0.29, 0.717) is 35.8 Å². The standard InChI is InChI=1S/C26H22N2O7S/c1-33-23-15-19(9-12-22(23)35-14-13-34-21-5-3-2-4-6-21)16-24-25(29)27(26(30)36-24)17-18-7-10-20(11-8-18)28(31)32/h2-12,15-16H,13-14,17H2,1H3/b24-16-. The van der Waals surface area contributed by atoms with Crippen molar-refractivity contribution in [3.63, 3.8) is 0 Å². The molecule has 1 saturated heterocycles. The summed E-state index contributed by atoms with van der Waals surface area (Å²) >= 11 is 0.838. The van der Waals surface area contributed by atoms with Gasteiger partial charge in [-0.15, -0.1) is 0 Å². The predicted molar refractivity (Wildman–Crippen MR) is 135 cm³/mol. The third-order valence-electron chi connectivity index (χ3n) is 5.20. The number of hydrogen-bond acceptors (Lipinski definition) is 8. The molecule has 1 aliphatic rings. The first-order valence-corrected chi connectivity index (χ1v) is 11.7. The highest BCUT2D eigenvalue weighted by molar-refractivity contribution is 8.18. The van der Waals surface area contributed by atoms with Crippen LogP contribution in [0.5, 0.6) is 17.2 Å². The summed E-state index contributed by atoms with van der Waals surface area (Å²) in [5.74, 6) is 1.33. The Bertz CT molecular complexity index is 1290. The van der Waals surface area contributed by atoms with E-state index in [9.17, 15) is 19.7 Å². The van der Waals surface area contributed by atoms with Gasteiger partial charge in [0.2, 0.25) is 0 Å². The van der Waals surface area contributed by atoms with E-state index in [1.54, 1.807) is 24.3 Å². The number of thioether (sulfide) groups is 1. The van der Waals surface area contributed by atoms with E-state index < -0.39 is 16.1 Å². The number of carbonyl (C=O) groups is 2. The largest absolute Gasteiger partial charge is 0.493 e. The molecule has 2 amide bonds. The lowest BCUT2D eigenvalue weighted by Gasteiger charge is -2.13. The first kappa shape index (κ1) is 24.8. The average Bonchev–Trinajstić information content (AvgIpc) is 3.15. The molecule has 0 N–H and O–H groups in total. The number of amides is 2. The maximum Gasteiger partial charge on any atom is 0.293 e. The lowest BCUT2D eigenvalue weighted by molar-refractivity contribution is -0.384. The maximum atomic E-state index is 12.9. The van der Waals surface area contributed by atoms with Crippen molar-refractivity contribution in [1.82, 2.24) is 4.90 Å². The molecule has 0 saturated carbocycles. The number of methoxy groups -OCH3 is 1. The Morgan fingerprint density at radius 2 is 1.67 bits per heavy atom. The molecule has 3 aromatic carbocycles. The fourth-order valence-corrected chi connectivity index (χ4v) is 4.25. The molecule has 3 aromatic rings. The van der Waals surface area contributed by atoms with E-state index >= 15 is 0 Å². The van der Waals surface area contributed by atoms with Crippen molar-refractivity contribution in [2.45, 2.75) is 6.54 Å². The summed E-state index contributed by atoms with van der Waals surface area (Å²) in [6.07, 6.45) is 1.62. The molecule has 0 aromatic heterocycles. The van der Waals surface area contributed by atoms with Gasteiger partial charge in [-0.25, -0.2) is 0 Å². The molecule has 1 aliphatic heterocycles. The van der Waals surface area contributed by atoms with Gasteiger partial charge in [-0.3, -0.25) is 24.6 Å². The van der Waals surface area contributed by atoms with Crippen LogP contribution >= 0.6 is 11.8 Å². The summed E-state index contributed by atoms with van der Waals surface area (Å²) in [4.78, 5) is 37.0. The molecule has 4 rings (SSSR count). The number of hydrogen-bond donors (Lipinski definition) is 0. The van der Waals surface area contributed by atoms with Crippen LogP contribution in [0.25, 0.3) is 6.08 Å². The number of ether oxygens (including phenoxy) is 3.